The van der Waals surface area contributed by atoms with E-state index in [9.17, 15) is 4.79 Å². The van der Waals surface area contributed by atoms with Gasteiger partial charge < -0.3 is 0 Å². The van der Waals surface area contributed by atoms with E-state index in [1.54, 1.807) is 0 Å². The Morgan fingerprint density at radius 3 is 2.70 bits per heavy atom. The van der Waals surface area contributed by atoms with Gasteiger partial charge in [0, 0.05) is 10.1 Å². The molecule has 0 bridgehead atoms. The number of aryl methyl sites for hydroxylation is 2. The second kappa shape index (κ2) is 5.12. The second-order valence-corrected chi connectivity index (χ2v) is 6.89. The third kappa shape index (κ3) is 2.30. The van der Waals surface area contributed by atoms with Gasteiger partial charge in [-0.2, -0.15) is 0 Å². The number of fused-ring (bicyclic) bond motifs is 1. The highest BCUT2D eigenvalue weighted by molar-refractivity contribution is 7.22. The number of benzene rings is 1. The van der Waals surface area contributed by atoms with Crippen molar-refractivity contribution >= 4 is 55.4 Å². The maximum atomic E-state index is 12.3. The van der Waals surface area contributed by atoms with Crippen molar-refractivity contribution in [2.24, 2.45) is 0 Å². The molecular weight excluding hydrogens is 314 g/mol. The minimum absolute atomic E-state index is 0.244. The molecule has 0 saturated heterocycles. The fourth-order valence-electron chi connectivity index (χ4n) is 1.92. The molecule has 3 aromatic rings. The first kappa shape index (κ1) is 13.5. The van der Waals surface area contributed by atoms with E-state index in [2.05, 4.69) is 15.5 Å². The molecule has 0 aliphatic heterocycles. The zero-order valence-electron chi connectivity index (χ0n) is 10.7. The number of carbonyl (C=O) groups is 1. The minimum atomic E-state index is -0.244. The molecule has 2 heterocycles. The van der Waals surface area contributed by atoms with Crippen LogP contribution in [0.25, 0.3) is 10.1 Å². The van der Waals surface area contributed by atoms with E-state index in [1.165, 1.54) is 22.7 Å². The number of aromatic nitrogens is 2. The van der Waals surface area contributed by atoms with Crippen LogP contribution in [0.3, 0.4) is 0 Å². The van der Waals surface area contributed by atoms with Gasteiger partial charge in [-0.1, -0.05) is 35.1 Å². The maximum Gasteiger partial charge on any atom is 0.269 e. The zero-order valence-corrected chi connectivity index (χ0v) is 13.1. The Hall–Kier alpha value is -1.50. The van der Waals surface area contributed by atoms with Gasteiger partial charge in [0.25, 0.3) is 5.91 Å². The summed E-state index contributed by atoms with van der Waals surface area (Å²) in [4.78, 5) is 12.8. The van der Waals surface area contributed by atoms with Crippen molar-refractivity contribution in [1.82, 2.24) is 10.2 Å². The molecular formula is C13H10ClN3OS2. The largest absolute Gasteiger partial charge is 0.296 e. The number of anilines is 1. The number of rotatable bonds is 2. The highest BCUT2D eigenvalue weighted by Gasteiger charge is 2.19. The topological polar surface area (TPSA) is 54.9 Å². The van der Waals surface area contributed by atoms with Crippen molar-refractivity contribution in [1.29, 1.82) is 0 Å². The van der Waals surface area contributed by atoms with E-state index in [1.807, 2.05) is 32.0 Å². The number of hydrogen-bond acceptors (Lipinski definition) is 5. The van der Waals surface area contributed by atoms with E-state index in [0.717, 1.165) is 20.7 Å². The molecule has 0 saturated carbocycles. The summed E-state index contributed by atoms with van der Waals surface area (Å²) in [5, 5.41) is 13.2. The lowest BCUT2D eigenvalue weighted by Gasteiger charge is -1.99. The molecule has 4 nitrogen and oxygen atoms in total. The number of amides is 1. The van der Waals surface area contributed by atoms with Gasteiger partial charge in [0.15, 0.2) is 0 Å². The Morgan fingerprint density at radius 1 is 1.25 bits per heavy atom. The molecule has 102 valence electrons. The zero-order chi connectivity index (χ0) is 14.3. The first-order valence-corrected chi connectivity index (χ1v) is 7.86. The van der Waals surface area contributed by atoms with Crippen molar-refractivity contribution in [2.45, 2.75) is 13.8 Å². The van der Waals surface area contributed by atoms with Gasteiger partial charge in [0.1, 0.15) is 9.88 Å². The molecule has 3 rings (SSSR count). The smallest absolute Gasteiger partial charge is 0.269 e. The summed E-state index contributed by atoms with van der Waals surface area (Å²) in [5.41, 5.74) is 1.06. The molecule has 2 aromatic heterocycles. The van der Waals surface area contributed by atoms with Gasteiger partial charge in [0.2, 0.25) is 5.13 Å². The third-order valence-corrected chi connectivity index (χ3v) is 5.22. The summed E-state index contributed by atoms with van der Waals surface area (Å²) in [6.45, 7) is 3.82. The molecule has 1 amide bonds. The van der Waals surface area contributed by atoms with Crippen LogP contribution < -0.4 is 5.32 Å². The lowest BCUT2D eigenvalue weighted by Crippen LogP contribution is -2.10. The monoisotopic (exact) mass is 323 g/mol. The van der Waals surface area contributed by atoms with Crippen LogP contribution >= 0.6 is 34.3 Å². The average molecular weight is 324 g/mol. The van der Waals surface area contributed by atoms with E-state index in [0.29, 0.717) is 15.0 Å². The molecule has 0 unspecified atom stereocenters. The SMILES string of the molecule is Cc1nnc(NC(=O)c2sc3cccc(C)c3c2Cl)s1. The van der Waals surface area contributed by atoms with Gasteiger partial charge in [-0.25, -0.2) is 0 Å². The van der Waals surface area contributed by atoms with Crippen molar-refractivity contribution in [2.75, 3.05) is 5.32 Å². The average Bonchev–Trinajstić information content (AvgIpc) is 2.95. The molecule has 0 radical (unpaired) electrons. The minimum Gasteiger partial charge on any atom is -0.296 e. The molecule has 1 N–H and O–H groups in total. The van der Waals surface area contributed by atoms with Crippen molar-refractivity contribution in [3.05, 3.63) is 38.7 Å². The van der Waals surface area contributed by atoms with Crippen molar-refractivity contribution in [3.8, 4) is 0 Å². The summed E-state index contributed by atoms with van der Waals surface area (Å²) in [6, 6.07) is 5.90. The molecule has 20 heavy (non-hydrogen) atoms. The molecule has 0 aliphatic carbocycles. The molecule has 0 aliphatic rings. The number of nitrogens with zero attached hydrogens (tertiary/aromatic N) is 2. The lowest BCUT2D eigenvalue weighted by molar-refractivity contribution is 0.103. The van der Waals surface area contributed by atoms with E-state index >= 15 is 0 Å². The molecule has 1 aromatic carbocycles. The Bertz CT molecular complexity index is 809. The van der Waals surface area contributed by atoms with Gasteiger partial charge >= 0.3 is 0 Å². The van der Waals surface area contributed by atoms with Crippen LogP contribution in [-0.4, -0.2) is 16.1 Å². The summed E-state index contributed by atoms with van der Waals surface area (Å²) in [5.74, 6) is -0.244. The predicted octanol–water partition coefficient (Wildman–Crippen LogP) is 4.28. The predicted molar refractivity (Wildman–Crippen MR) is 84.2 cm³/mol. The van der Waals surface area contributed by atoms with Gasteiger partial charge in [0.05, 0.1) is 5.02 Å². The summed E-state index contributed by atoms with van der Waals surface area (Å²) in [7, 11) is 0. The molecule has 0 fully saturated rings. The van der Waals surface area contributed by atoms with Crippen molar-refractivity contribution < 1.29 is 4.79 Å². The molecule has 0 atom stereocenters. The van der Waals surface area contributed by atoms with Crippen LogP contribution in [0.1, 0.15) is 20.2 Å². The molecule has 0 spiro atoms. The Morgan fingerprint density at radius 2 is 2.05 bits per heavy atom. The van der Waals surface area contributed by atoms with Crippen LogP contribution in [0.5, 0.6) is 0 Å². The van der Waals surface area contributed by atoms with Crippen LogP contribution in [0, 0.1) is 13.8 Å². The maximum absolute atomic E-state index is 12.3. The fourth-order valence-corrected chi connectivity index (χ4v) is 4.08. The van der Waals surface area contributed by atoms with Gasteiger partial charge in [-0.3, -0.25) is 10.1 Å². The Kier molecular flexibility index (Phi) is 3.45. The molecule has 7 heteroatoms. The number of nitrogens with one attached hydrogen (secondary N) is 1. The lowest BCUT2D eigenvalue weighted by atomic mass is 10.1. The van der Waals surface area contributed by atoms with Crippen LogP contribution in [-0.2, 0) is 0 Å². The number of hydrogen-bond donors (Lipinski definition) is 1. The van der Waals surface area contributed by atoms with Crippen LogP contribution in [0.2, 0.25) is 5.02 Å². The number of carbonyl (C=O) groups excluding carboxylic acids is 1. The number of thiophene rings is 1. The van der Waals surface area contributed by atoms with Gasteiger partial charge in [-0.15, -0.1) is 21.5 Å². The normalized spacial score (nSPS) is 10.9. The van der Waals surface area contributed by atoms with Crippen molar-refractivity contribution in [3.63, 3.8) is 0 Å². The van der Waals surface area contributed by atoms with Crippen LogP contribution in [0.15, 0.2) is 18.2 Å². The Labute approximate surface area is 128 Å². The summed E-state index contributed by atoms with van der Waals surface area (Å²) < 4.78 is 1.01. The number of halogens is 1. The summed E-state index contributed by atoms with van der Waals surface area (Å²) >= 11 is 9.06. The third-order valence-electron chi connectivity index (χ3n) is 2.82. The van der Waals surface area contributed by atoms with E-state index in [4.69, 9.17) is 11.6 Å². The van der Waals surface area contributed by atoms with Gasteiger partial charge in [-0.05, 0) is 25.5 Å². The Balaban J connectivity index is 1.99. The van der Waals surface area contributed by atoms with E-state index < -0.39 is 0 Å². The first-order valence-electron chi connectivity index (χ1n) is 5.85. The first-order chi connectivity index (χ1) is 9.56. The standard InChI is InChI=1S/C13H10ClN3OS2/c1-6-4-3-5-8-9(6)10(14)11(20-8)12(18)15-13-17-16-7(2)19-13/h3-5H,1-2H3,(H,15,17,18). The van der Waals surface area contributed by atoms with Crippen LogP contribution in [0.4, 0.5) is 5.13 Å². The highest BCUT2D eigenvalue weighted by atomic mass is 35.5. The summed E-state index contributed by atoms with van der Waals surface area (Å²) in [6.07, 6.45) is 0. The highest BCUT2D eigenvalue weighted by Crippen LogP contribution is 2.37. The quantitative estimate of drug-likeness (QED) is 0.766. The fraction of sp³-hybridized carbons (Fsp3) is 0.154. The van der Waals surface area contributed by atoms with E-state index in [-0.39, 0.29) is 5.91 Å². The second-order valence-electron chi connectivity index (χ2n) is 4.27.